The molecule has 3 N–H and O–H groups in total. The molecule has 0 bridgehead atoms. The van der Waals surface area contributed by atoms with Crippen molar-refractivity contribution in [1.82, 2.24) is 25.3 Å². The molecule has 1 aliphatic rings. The van der Waals surface area contributed by atoms with E-state index in [2.05, 4.69) is 35.5 Å². The summed E-state index contributed by atoms with van der Waals surface area (Å²) < 4.78 is 0. The molecule has 1 saturated heterocycles. The number of rotatable bonds is 5. The van der Waals surface area contributed by atoms with Crippen LogP contribution in [0.3, 0.4) is 0 Å². The molecule has 0 saturated carbocycles. The summed E-state index contributed by atoms with van der Waals surface area (Å²) in [5.41, 5.74) is 2.41. The lowest BCUT2D eigenvalue weighted by molar-refractivity contribution is 0.0963. The molecule has 4 heterocycles. The van der Waals surface area contributed by atoms with Crippen LogP contribution in [0.15, 0.2) is 48.9 Å². The van der Waals surface area contributed by atoms with Gasteiger partial charge in [0.25, 0.3) is 5.91 Å². The predicted octanol–water partition coefficient (Wildman–Crippen LogP) is 1.92. The third kappa shape index (κ3) is 3.74. The molecule has 1 unspecified atom stereocenters. The molecule has 8 nitrogen and oxygen atoms in total. The average molecular weight is 363 g/mol. The van der Waals surface area contributed by atoms with Gasteiger partial charge in [-0.1, -0.05) is 0 Å². The Kier molecular flexibility index (Phi) is 4.69. The zero-order chi connectivity index (χ0) is 18.6. The van der Waals surface area contributed by atoms with Crippen molar-refractivity contribution < 1.29 is 4.79 Å². The van der Waals surface area contributed by atoms with E-state index in [1.54, 1.807) is 25.5 Å². The maximum absolute atomic E-state index is 11.6. The number of amides is 1. The van der Waals surface area contributed by atoms with E-state index in [4.69, 9.17) is 0 Å². The molecule has 1 aliphatic heterocycles. The van der Waals surface area contributed by atoms with Crippen molar-refractivity contribution in [3.63, 3.8) is 0 Å². The number of pyridine rings is 1. The highest BCUT2D eigenvalue weighted by Gasteiger charge is 2.25. The Morgan fingerprint density at radius 3 is 2.93 bits per heavy atom. The first-order chi connectivity index (χ1) is 13.2. The van der Waals surface area contributed by atoms with Crippen LogP contribution in [0.2, 0.25) is 0 Å². The van der Waals surface area contributed by atoms with E-state index in [1.807, 2.05) is 30.5 Å². The first-order valence-corrected chi connectivity index (χ1v) is 8.89. The zero-order valence-electron chi connectivity index (χ0n) is 15.0. The van der Waals surface area contributed by atoms with Gasteiger partial charge >= 0.3 is 0 Å². The van der Waals surface area contributed by atoms with Crippen molar-refractivity contribution in [2.75, 3.05) is 30.4 Å². The van der Waals surface area contributed by atoms with Gasteiger partial charge in [-0.05, 0) is 36.8 Å². The van der Waals surface area contributed by atoms with Gasteiger partial charge in [0.15, 0.2) is 0 Å². The van der Waals surface area contributed by atoms with Crippen LogP contribution in [0, 0.1) is 0 Å². The summed E-state index contributed by atoms with van der Waals surface area (Å²) in [5, 5.41) is 6.01. The summed E-state index contributed by atoms with van der Waals surface area (Å²) in [6.45, 7) is 1.68. The molecule has 3 aromatic heterocycles. The number of carbonyl (C=O) groups is 1. The topological polar surface area (TPSA) is 98.8 Å². The summed E-state index contributed by atoms with van der Waals surface area (Å²) >= 11 is 0. The third-order valence-electron chi connectivity index (χ3n) is 4.59. The molecule has 1 atom stereocenters. The average Bonchev–Trinajstić information content (AvgIpc) is 3.40. The molecule has 0 spiro atoms. The van der Waals surface area contributed by atoms with Crippen molar-refractivity contribution in [2.45, 2.75) is 12.5 Å². The highest BCUT2D eigenvalue weighted by atomic mass is 16.1. The van der Waals surface area contributed by atoms with Crippen LogP contribution in [-0.2, 0) is 0 Å². The number of aromatic nitrogens is 4. The van der Waals surface area contributed by atoms with Gasteiger partial charge < -0.3 is 20.5 Å². The SMILES string of the molecule is CNC(=O)c1ccc(NC2CCN(c3nccc(-c4ccc[nH]4)n3)C2)nc1. The van der Waals surface area contributed by atoms with Crippen LogP contribution in [0.1, 0.15) is 16.8 Å². The molecule has 8 heteroatoms. The second-order valence-electron chi connectivity index (χ2n) is 6.41. The van der Waals surface area contributed by atoms with E-state index in [1.165, 1.54) is 0 Å². The fraction of sp³-hybridized carbons (Fsp3) is 0.263. The molecule has 27 heavy (non-hydrogen) atoms. The molecule has 1 fully saturated rings. The number of nitrogens with zero attached hydrogens (tertiary/aromatic N) is 4. The van der Waals surface area contributed by atoms with Crippen molar-refractivity contribution in [3.8, 4) is 11.4 Å². The molecule has 4 rings (SSSR count). The zero-order valence-corrected chi connectivity index (χ0v) is 15.0. The van der Waals surface area contributed by atoms with Crippen LogP contribution in [0.5, 0.6) is 0 Å². The number of nitrogens with one attached hydrogen (secondary N) is 3. The van der Waals surface area contributed by atoms with Gasteiger partial charge in [0.05, 0.1) is 17.0 Å². The molecule has 0 radical (unpaired) electrons. The molecule has 1 amide bonds. The Hall–Kier alpha value is -3.42. The lowest BCUT2D eigenvalue weighted by atomic mass is 10.2. The van der Waals surface area contributed by atoms with Gasteiger partial charge in [0.2, 0.25) is 5.95 Å². The molecular weight excluding hydrogens is 342 g/mol. The molecular formula is C19H21N7O. The second kappa shape index (κ2) is 7.45. The molecule has 3 aromatic rings. The number of carbonyl (C=O) groups excluding carboxylic acids is 1. The van der Waals surface area contributed by atoms with E-state index < -0.39 is 0 Å². The fourth-order valence-electron chi connectivity index (χ4n) is 3.17. The predicted molar refractivity (Wildman–Crippen MR) is 104 cm³/mol. The maximum Gasteiger partial charge on any atom is 0.252 e. The Bertz CT molecular complexity index is 908. The minimum Gasteiger partial charge on any atom is -0.365 e. The van der Waals surface area contributed by atoms with Gasteiger partial charge in [-0.15, -0.1) is 0 Å². The van der Waals surface area contributed by atoms with Crippen molar-refractivity contribution in [1.29, 1.82) is 0 Å². The molecule has 0 aliphatic carbocycles. The van der Waals surface area contributed by atoms with E-state index in [0.717, 1.165) is 42.7 Å². The monoisotopic (exact) mass is 363 g/mol. The standard InChI is InChI=1S/C19H21N7O/c1-20-18(27)13-4-5-17(23-11-13)24-14-7-10-26(12-14)19-22-9-6-16(25-19)15-3-2-8-21-15/h2-6,8-9,11,14,21H,7,10,12H2,1H3,(H,20,27)(H,23,24). The molecule has 138 valence electrons. The Morgan fingerprint density at radius 2 is 2.19 bits per heavy atom. The Balaban J connectivity index is 1.40. The maximum atomic E-state index is 11.6. The number of aromatic amines is 1. The van der Waals surface area contributed by atoms with E-state index in [9.17, 15) is 4.79 Å². The highest BCUT2D eigenvalue weighted by Crippen LogP contribution is 2.21. The van der Waals surface area contributed by atoms with Crippen molar-refractivity contribution in [2.24, 2.45) is 0 Å². The summed E-state index contributed by atoms with van der Waals surface area (Å²) in [6, 6.07) is 9.70. The summed E-state index contributed by atoms with van der Waals surface area (Å²) in [6.07, 6.45) is 6.22. The number of anilines is 2. The third-order valence-corrected chi connectivity index (χ3v) is 4.59. The Morgan fingerprint density at radius 1 is 1.26 bits per heavy atom. The van der Waals surface area contributed by atoms with Gasteiger partial charge in [-0.25, -0.2) is 15.0 Å². The van der Waals surface area contributed by atoms with E-state index in [0.29, 0.717) is 5.56 Å². The van der Waals surface area contributed by atoms with E-state index >= 15 is 0 Å². The van der Waals surface area contributed by atoms with Crippen LogP contribution < -0.4 is 15.5 Å². The van der Waals surface area contributed by atoms with Crippen LogP contribution in [0.25, 0.3) is 11.4 Å². The largest absolute Gasteiger partial charge is 0.365 e. The quantitative estimate of drug-likeness (QED) is 0.641. The first kappa shape index (κ1) is 17.0. The van der Waals surface area contributed by atoms with Crippen molar-refractivity contribution in [3.05, 3.63) is 54.5 Å². The van der Waals surface area contributed by atoms with Gasteiger partial charge in [-0.3, -0.25) is 4.79 Å². The van der Waals surface area contributed by atoms with Gasteiger partial charge in [0, 0.05) is 44.8 Å². The highest BCUT2D eigenvalue weighted by molar-refractivity contribution is 5.93. The second-order valence-corrected chi connectivity index (χ2v) is 6.41. The Labute approximate surface area is 157 Å². The molecule has 0 aromatic carbocycles. The van der Waals surface area contributed by atoms with Crippen LogP contribution >= 0.6 is 0 Å². The fourth-order valence-corrected chi connectivity index (χ4v) is 3.17. The van der Waals surface area contributed by atoms with Crippen LogP contribution in [0.4, 0.5) is 11.8 Å². The summed E-state index contributed by atoms with van der Waals surface area (Å²) in [5.74, 6) is 1.35. The van der Waals surface area contributed by atoms with Crippen LogP contribution in [-0.4, -0.2) is 52.0 Å². The number of hydrogen-bond acceptors (Lipinski definition) is 6. The smallest absolute Gasteiger partial charge is 0.252 e. The first-order valence-electron chi connectivity index (χ1n) is 8.89. The number of hydrogen-bond donors (Lipinski definition) is 3. The van der Waals surface area contributed by atoms with E-state index in [-0.39, 0.29) is 11.9 Å². The van der Waals surface area contributed by atoms with Crippen molar-refractivity contribution >= 4 is 17.7 Å². The lowest BCUT2D eigenvalue weighted by Crippen LogP contribution is -2.27. The number of H-pyrrole nitrogens is 1. The minimum atomic E-state index is -0.139. The summed E-state index contributed by atoms with van der Waals surface area (Å²) in [7, 11) is 1.61. The minimum absolute atomic E-state index is 0.139. The lowest BCUT2D eigenvalue weighted by Gasteiger charge is -2.17. The summed E-state index contributed by atoms with van der Waals surface area (Å²) in [4.78, 5) is 30.4. The van der Waals surface area contributed by atoms with Gasteiger partial charge in [-0.2, -0.15) is 0 Å². The van der Waals surface area contributed by atoms with Gasteiger partial charge in [0.1, 0.15) is 5.82 Å². The normalized spacial score (nSPS) is 16.3.